The lowest BCUT2D eigenvalue weighted by Gasteiger charge is -2.23. The van der Waals surface area contributed by atoms with Crippen LogP contribution in [0.25, 0.3) is 0 Å². The van der Waals surface area contributed by atoms with Crippen molar-refractivity contribution < 1.29 is 14.2 Å². The minimum Gasteiger partial charge on any atom is -0.483 e. The van der Waals surface area contributed by atoms with E-state index in [4.69, 9.17) is 14.2 Å². The van der Waals surface area contributed by atoms with Gasteiger partial charge in [0.15, 0.2) is 5.75 Å². The van der Waals surface area contributed by atoms with Crippen molar-refractivity contribution in [1.29, 1.82) is 0 Å². The number of pyridine rings is 1. The summed E-state index contributed by atoms with van der Waals surface area (Å²) < 4.78 is 20.4. The molecule has 136 valence electrons. The molecule has 5 rings (SSSR count). The van der Waals surface area contributed by atoms with E-state index in [1.165, 1.54) is 0 Å². The van der Waals surface area contributed by atoms with Gasteiger partial charge in [-0.2, -0.15) is 0 Å². The van der Waals surface area contributed by atoms with Crippen LogP contribution in [-0.2, 0) is 22.6 Å². The van der Waals surface area contributed by atoms with Crippen LogP contribution in [0.2, 0.25) is 0 Å². The van der Waals surface area contributed by atoms with E-state index >= 15 is 0 Å². The van der Waals surface area contributed by atoms with Gasteiger partial charge in [0, 0.05) is 12.2 Å². The van der Waals surface area contributed by atoms with Gasteiger partial charge >= 0.3 is 0 Å². The molecule has 3 aliphatic heterocycles. The summed E-state index contributed by atoms with van der Waals surface area (Å²) in [5, 5.41) is 0. The summed E-state index contributed by atoms with van der Waals surface area (Å²) in [6, 6.07) is 10.1. The lowest BCUT2D eigenvalue weighted by Crippen LogP contribution is -2.39. The minimum absolute atomic E-state index is 0.0439. The molecule has 0 aliphatic carbocycles. The van der Waals surface area contributed by atoms with Gasteiger partial charge < -0.3 is 18.8 Å². The molecule has 4 unspecified atom stereocenters. The maximum atomic E-state index is 12.8. The van der Waals surface area contributed by atoms with Crippen molar-refractivity contribution >= 4 is 15.9 Å². The quantitative estimate of drug-likeness (QED) is 0.717. The van der Waals surface area contributed by atoms with Crippen LogP contribution < -0.4 is 10.2 Å². The first-order chi connectivity index (χ1) is 12.6. The van der Waals surface area contributed by atoms with Crippen molar-refractivity contribution in [1.82, 2.24) is 9.47 Å². The molecule has 3 aliphatic rings. The molecule has 2 saturated heterocycles. The Morgan fingerprint density at radius 3 is 2.92 bits per heavy atom. The number of ether oxygens (including phenoxy) is 3. The normalized spacial score (nSPS) is 29.5. The van der Waals surface area contributed by atoms with Crippen LogP contribution in [0.4, 0.5) is 0 Å². The van der Waals surface area contributed by atoms with E-state index in [1.807, 2.05) is 41.1 Å². The summed E-state index contributed by atoms with van der Waals surface area (Å²) in [4.78, 5) is 15.0. The van der Waals surface area contributed by atoms with Crippen LogP contribution in [0.5, 0.6) is 5.75 Å². The van der Waals surface area contributed by atoms with Gasteiger partial charge in [0.25, 0.3) is 0 Å². The molecule has 0 saturated carbocycles. The molecular weight excluding hydrogens is 400 g/mol. The Kier molecular flexibility index (Phi) is 3.93. The van der Waals surface area contributed by atoms with Gasteiger partial charge in [0.2, 0.25) is 5.43 Å². The van der Waals surface area contributed by atoms with Gasteiger partial charge in [0.05, 0.1) is 23.3 Å². The van der Waals surface area contributed by atoms with Crippen LogP contribution in [0.1, 0.15) is 24.3 Å². The Balaban J connectivity index is 1.53. The largest absolute Gasteiger partial charge is 0.483 e. The van der Waals surface area contributed by atoms with Gasteiger partial charge in [-0.15, -0.1) is 0 Å². The van der Waals surface area contributed by atoms with Crippen molar-refractivity contribution in [3.63, 3.8) is 0 Å². The molecule has 1 aromatic carbocycles. The molecule has 0 N–H and O–H groups in total. The molecular formula is C19H19BrN2O4. The number of benzene rings is 1. The van der Waals surface area contributed by atoms with Gasteiger partial charge in [0.1, 0.15) is 25.2 Å². The van der Waals surface area contributed by atoms with Crippen LogP contribution in [-0.4, -0.2) is 34.6 Å². The number of hydrogen-bond acceptors (Lipinski definition) is 5. The second-order valence-corrected chi connectivity index (χ2v) is 7.83. The standard InChI is InChI=1S/C19H19BrN2O4/c1-11-9-24-14-8-21-7-13(20)16(23)17(15(21)18-19(26-18)22(11)14)25-10-12-5-3-2-4-6-12/h2-7,11,14,18-19H,8-10H2,1H3. The van der Waals surface area contributed by atoms with Gasteiger partial charge in [-0.1, -0.05) is 30.3 Å². The zero-order chi connectivity index (χ0) is 17.8. The molecule has 0 amide bonds. The van der Waals surface area contributed by atoms with E-state index in [2.05, 4.69) is 27.8 Å². The highest BCUT2D eigenvalue weighted by Gasteiger charge is 2.56. The Bertz CT molecular complexity index is 900. The first kappa shape index (κ1) is 16.5. The molecule has 2 fully saturated rings. The van der Waals surface area contributed by atoms with Crippen molar-refractivity contribution in [3.05, 3.63) is 62.5 Å². The van der Waals surface area contributed by atoms with Crippen molar-refractivity contribution in [2.45, 2.75) is 44.7 Å². The predicted octanol–water partition coefficient (Wildman–Crippen LogP) is 2.65. The number of hydrogen-bond donors (Lipinski definition) is 0. The van der Waals surface area contributed by atoms with Gasteiger partial charge in [-0.25, -0.2) is 4.90 Å². The third-order valence-electron chi connectivity index (χ3n) is 5.22. The molecule has 2 aromatic rings. The average Bonchev–Trinajstić information content (AvgIpc) is 3.34. The Labute approximate surface area is 159 Å². The van der Waals surface area contributed by atoms with Crippen LogP contribution in [0.3, 0.4) is 0 Å². The van der Waals surface area contributed by atoms with Crippen molar-refractivity contribution in [2.24, 2.45) is 0 Å². The van der Waals surface area contributed by atoms with E-state index < -0.39 is 0 Å². The number of nitrogens with zero attached hydrogens (tertiary/aromatic N) is 2. The molecule has 0 bridgehead atoms. The zero-order valence-corrected chi connectivity index (χ0v) is 15.9. The highest BCUT2D eigenvalue weighted by molar-refractivity contribution is 9.10. The summed E-state index contributed by atoms with van der Waals surface area (Å²) in [6.45, 7) is 3.83. The number of fused-ring (bicyclic) bond motifs is 5. The lowest BCUT2D eigenvalue weighted by atomic mass is 10.2. The summed E-state index contributed by atoms with van der Waals surface area (Å²) >= 11 is 3.39. The van der Waals surface area contributed by atoms with E-state index in [1.54, 1.807) is 0 Å². The monoisotopic (exact) mass is 418 g/mol. The molecule has 26 heavy (non-hydrogen) atoms. The van der Waals surface area contributed by atoms with Crippen molar-refractivity contribution in [2.75, 3.05) is 6.61 Å². The molecule has 6 nitrogen and oxygen atoms in total. The number of halogens is 1. The highest BCUT2D eigenvalue weighted by Crippen LogP contribution is 2.49. The number of aromatic nitrogens is 1. The third kappa shape index (κ3) is 2.62. The number of rotatable bonds is 3. The molecule has 0 radical (unpaired) electrons. The molecule has 4 atom stereocenters. The summed E-state index contributed by atoms with van der Waals surface area (Å²) in [7, 11) is 0. The van der Waals surface area contributed by atoms with E-state index in [-0.39, 0.29) is 24.0 Å². The predicted molar refractivity (Wildman–Crippen MR) is 97.8 cm³/mol. The Morgan fingerprint density at radius 2 is 2.12 bits per heavy atom. The zero-order valence-electron chi connectivity index (χ0n) is 14.3. The van der Waals surface area contributed by atoms with E-state index in [9.17, 15) is 4.79 Å². The minimum atomic E-state index is -0.157. The SMILES string of the molecule is CC1COC2Cn3cc(Br)c(=O)c(OCc4ccccc4)c3C3OC3N12. The highest BCUT2D eigenvalue weighted by atomic mass is 79.9. The Morgan fingerprint density at radius 1 is 1.31 bits per heavy atom. The maximum Gasteiger partial charge on any atom is 0.237 e. The fourth-order valence-corrected chi connectivity index (χ4v) is 4.33. The van der Waals surface area contributed by atoms with Crippen LogP contribution >= 0.6 is 15.9 Å². The Hall–Kier alpha value is -1.67. The van der Waals surface area contributed by atoms with Gasteiger partial charge in [-0.3, -0.25) is 4.79 Å². The molecule has 7 heteroatoms. The fraction of sp³-hybridized carbons (Fsp3) is 0.421. The third-order valence-corrected chi connectivity index (χ3v) is 5.78. The first-order valence-corrected chi connectivity index (χ1v) is 9.57. The van der Waals surface area contributed by atoms with Crippen molar-refractivity contribution in [3.8, 4) is 5.75 Å². The van der Waals surface area contributed by atoms with E-state index in [0.717, 1.165) is 11.3 Å². The van der Waals surface area contributed by atoms with Gasteiger partial charge in [-0.05, 0) is 28.4 Å². The lowest BCUT2D eigenvalue weighted by molar-refractivity contribution is -0.00461. The number of epoxide rings is 1. The topological polar surface area (TPSA) is 56.2 Å². The average molecular weight is 419 g/mol. The fourth-order valence-electron chi connectivity index (χ4n) is 3.90. The molecule has 1 aromatic heterocycles. The first-order valence-electron chi connectivity index (χ1n) is 8.77. The smallest absolute Gasteiger partial charge is 0.237 e. The summed E-state index contributed by atoms with van der Waals surface area (Å²) in [5.41, 5.74) is 1.69. The second-order valence-electron chi connectivity index (χ2n) is 6.98. The molecule has 4 heterocycles. The second kappa shape index (κ2) is 6.20. The maximum absolute atomic E-state index is 12.8. The van der Waals surface area contributed by atoms with Crippen LogP contribution in [0, 0.1) is 0 Å². The summed E-state index contributed by atoms with van der Waals surface area (Å²) in [5.74, 6) is 0.365. The van der Waals surface area contributed by atoms with Crippen LogP contribution in [0.15, 0.2) is 45.8 Å². The molecule has 0 spiro atoms. The van der Waals surface area contributed by atoms with E-state index in [0.29, 0.717) is 36.0 Å². The summed E-state index contributed by atoms with van der Waals surface area (Å²) in [6.07, 6.45) is 1.57.